The van der Waals surface area contributed by atoms with E-state index in [2.05, 4.69) is 5.32 Å². The van der Waals surface area contributed by atoms with Gasteiger partial charge in [0.15, 0.2) is 0 Å². The van der Waals surface area contributed by atoms with Gasteiger partial charge in [-0.3, -0.25) is 0 Å². The minimum absolute atomic E-state index is 0.0381. The highest BCUT2D eigenvalue weighted by molar-refractivity contribution is 5.40. The van der Waals surface area contributed by atoms with Crippen LogP contribution in [0.5, 0.6) is 5.75 Å². The van der Waals surface area contributed by atoms with Gasteiger partial charge in [-0.15, -0.1) is 0 Å². The second-order valence-electron chi connectivity index (χ2n) is 4.92. The average Bonchev–Trinajstić information content (AvgIpc) is 2.37. The quantitative estimate of drug-likeness (QED) is 0.771. The SMILES string of the molecule is CNC(C)c1cc(F)c(C)cc1OCCOC(C)C. The summed E-state index contributed by atoms with van der Waals surface area (Å²) in [4.78, 5) is 0. The number of ether oxygens (including phenoxy) is 2. The van der Waals surface area contributed by atoms with E-state index in [-0.39, 0.29) is 18.0 Å². The van der Waals surface area contributed by atoms with Crippen molar-refractivity contribution in [1.82, 2.24) is 5.32 Å². The van der Waals surface area contributed by atoms with Gasteiger partial charge in [0.25, 0.3) is 0 Å². The lowest BCUT2D eigenvalue weighted by Gasteiger charge is -2.18. The van der Waals surface area contributed by atoms with Crippen molar-refractivity contribution >= 4 is 0 Å². The smallest absolute Gasteiger partial charge is 0.126 e. The molecule has 0 spiro atoms. The van der Waals surface area contributed by atoms with Gasteiger partial charge >= 0.3 is 0 Å². The van der Waals surface area contributed by atoms with Crippen molar-refractivity contribution in [2.45, 2.75) is 39.8 Å². The van der Waals surface area contributed by atoms with E-state index in [9.17, 15) is 4.39 Å². The van der Waals surface area contributed by atoms with Crippen LogP contribution in [0, 0.1) is 12.7 Å². The summed E-state index contributed by atoms with van der Waals surface area (Å²) in [5, 5.41) is 3.10. The minimum atomic E-state index is -0.206. The predicted molar refractivity (Wildman–Crippen MR) is 75.2 cm³/mol. The molecule has 0 aliphatic heterocycles. The van der Waals surface area contributed by atoms with Crippen molar-refractivity contribution in [3.05, 3.63) is 29.1 Å². The van der Waals surface area contributed by atoms with Crippen molar-refractivity contribution in [2.24, 2.45) is 0 Å². The average molecular weight is 269 g/mol. The fourth-order valence-corrected chi connectivity index (χ4v) is 1.72. The number of benzene rings is 1. The van der Waals surface area contributed by atoms with E-state index in [1.807, 2.05) is 27.8 Å². The van der Waals surface area contributed by atoms with Gasteiger partial charge in [0.2, 0.25) is 0 Å². The van der Waals surface area contributed by atoms with E-state index >= 15 is 0 Å². The number of hydrogen-bond donors (Lipinski definition) is 1. The van der Waals surface area contributed by atoms with Crippen LogP contribution < -0.4 is 10.1 Å². The number of halogens is 1. The summed E-state index contributed by atoms with van der Waals surface area (Å²) in [5.74, 6) is 0.510. The van der Waals surface area contributed by atoms with Crippen LogP contribution in [0.4, 0.5) is 4.39 Å². The van der Waals surface area contributed by atoms with Crippen LogP contribution in [-0.4, -0.2) is 26.4 Å². The van der Waals surface area contributed by atoms with Gasteiger partial charge < -0.3 is 14.8 Å². The first-order chi connectivity index (χ1) is 8.95. The van der Waals surface area contributed by atoms with E-state index in [0.29, 0.717) is 24.5 Å². The molecule has 0 saturated heterocycles. The first-order valence-corrected chi connectivity index (χ1v) is 6.67. The fraction of sp³-hybridized carbons (Fsp3) is 0.600. The van der Waals surface area contributed by atoms with E-state index in [1.165, 1.54) is 6.07 Å². The molecule has 0 saturated carbocycles. The third-order valence-corrected chi connectivity index (χ3v) is 2.98. The Morgan fingerprint density at radius 3 is 2.47 bits per heavy atom. The Labute approximate surface area is 115 Å². The van der Waals surface area contributed by atoms with Crippen LogP contribution in [0.2, 0.25) is 0 Å². The molecule has 1 atom stereocenters. The van der Waals surface area contributed by atoms with Crippen molar-refractivity contribution in [3.63, 3.8) is 0 Å². The summed E-state index contributed by atoms with van der Waals surface area (Å²) in [5.41, 5.74) is 1.42. The van der Waals surface area contributed by atoms with Crippen molar-refractivity contribution in [3.8, 4) is 5.75 Å². The third-order valence-electron chi connectivity index (χ3n) is 2.98. The van der Waals surface area contributed by atoms with Gasteiger partial charge in [-0.1, -0.05) is 0 Å². The van der Waals surface area contributed by atoms with Gasteiger partial charge in [0.05, 0.1) is 12.7 Å². The van der Waals surface area contributed by atoms with Crippen molar-refractivity contribution < 1.29 is 13.9 Å². The molecule has 19 heavy (non-hydrogen) atoms. The van der Waals surface area contributed by atoms with E-state index in [1.54, 1.807) is 13.0 Å². The molecule has 0 heterocycles. The van der Waals surface area contributed by atoms with Gasteiger partial charge in [0, 0.05) is 11.6 Å². The largest absolute Gasteiger partial charge is 0.491 e. The molecule has 1 N–H and O–H groups in total. The molecule has 1 aromatic rings. The maximum absolute atomic E-state index is 13.6. The molecule has 0 aliphatic rings. The van der Waals surface area contributed by atoms with Crippen LogP contribution in [0.1, 0.15) is 37.9 Å². The van der Waals surface area contributed by atoms with Crippen LogP contribution in [0.15, 0.2) is 12.1 Å². The molecule has 3 nitrogen and oxygen atoms in total. The second-order valence-corrected chi connectivity index (χ2v) is 4.92. The summed E-state index contributed by atoms with van der Waals surface area (Å²) in [6, 6.07) is 3.32. The topological polar surface area (TPSA) is 30.5 Å². The molecule has 1 unspecified atom stereocenters. The lowest BCUT2D eigenvalue weighted by atomic mass is 10.0. The Bertz CT molecular complexity index is 407. The summed E-state index contributed by atoms with van der Waals surface area (Å²) in [6.45, 7) is 8.67. The second kappa shape index (κ2) is 7.46. The lowest BCUT2D eigenvalue weighted by Crippen LogP contribution is -2.16. The molecule has 0 amide bonds. The zero-order valence-electron chi connectivity index (χ0n) is 12.4. The number of nitrogens with one attached hydrogen (secondary N) is 1. The number of aryl methyl sites for hydroxylation is 1. The molecule has 4 heteroatoms. The highest BCUT2D eigenvalue weighted by atomic mass is 19.1. The van der Waals surface area contributed by atoms with E-state index in [0.717, 1.165) is 5.56 Å². The summed E-state index contributed by atoms with van der Waals surface area (Å²) < 4.78 is 24.8. The van der Waals surface area contributed by atoms with E-state index in [4.69, 9.17) is 9.47 Å². The molecule has 1 rings (SSSR count). The van der Waals surface area contributed by atoms with Crippen LogP contribution in [-0.2, 0) is 4.74 Å². The highest BCUT2D eigenvalue weighted by Crippen LogP contribution is 2.28. The maximum Gasteiger partial charge on any atom is 0.126 e. The highest BCUT2D eigenvalue weighted by Gasteiger charge is 2.13. The zero-order valence-corrected chi connectivity index (χ0v) is 12.4. The summed E-state index contributed by atoms with van der Waals surface area (Å²) in [7, 11) is 1.84. The third kappa shape index (κ3) is 4.80. The molecule has 108 valence electrons. The number of rotatable bonds is 7. The normalized spacial score (nSPS) is 12.8. The summed E-state index contributed by atoms with van der Waals surface area (Å²) >= 11 is 0. The van der Waals surface area contributed by atoms with Crippen LogP contribution in [0.25, 0.3) is 0 Å². The van der Waals surface area contributed by atoms with Gasteiger partial charge in [0.1, 0.15) is 18.2 Å². The molecular formula is C15H24FNO2. The molecule has 0 aromatic heterocycles. The fourth-order valence-electron chi connectivity index (χ4n) is 1.72. The van der Waals surface area contributed by atoms with Crippen LogP contribution >= 0.6 is 0 Å². The van der Waals surface area contributed by atoms with Gasteiger partial charge in [-0.2, -0.15) is 0 Å². The van der Waals surface area contributed by atoms with Crippen molar-refractivity contribution in [2.75, 3.05) is 20.3 Å². The minimum Gasteiger partial charge on any atom is -0.491 e. The first kappa shape index (κ1) is 15.9. The molecule has 0 bridgehead atoms. The Morgan fingerprint density at radius 1 is 1.21 bits per heavy atom. The standard InChI is InChI=1S/C15H24FNO2/c1-10(2)18-6-7-19-15-8-11(3)14(16)9-13(15)12(4)17-5/h8-10,12,17H,6-7H2,1-5H3. The maximum atomic E-state index is 13.6. The Balaban J connectivity index is 2.77. The molecule has 0 radical (unpaired) electrons. The Morgan fingerprint density at radius 2 is 1.89 bits per heavy atom. The van der Waals surface area contributed by atoms with Crippen LogP contribution in [0.3, 0.4) is 0 Å². The Kier molecular flexibility index (Phi) is 6.25. The van der Waals surface area contributed by atoms with Gasteiger partial charge in [-0.25, -0.2) is 4.39 Å². The first-order valence-electron chi connectivity index (χ1n) is 6.67. The molecule has 0 aliphatic carbocycles. The Hall–Kier alpha value is -1.13. The van der Waals surface area contributed by atoms with E-state index < -0.39 is 0 Å². The van der Waals surface area contributed by atoms with Gasteiger partial charge in [-0.05, 0) is 52.4 Å². The monoisotopic (exact) mass is 269 g/mol. The zero-order chi connectivity index (χ0) is 14.4. The summed E-state index contributed by atoms with van der Waals surface area (Å²) in [6.07, 6.45) is 0.189. The number of hydrogen-bond acceptors (Lipinski definition) is 3. The van der Waals surface area contributed by atoms with Crippen molar-refractivity contribution in [1.29, 1.82) is 0 Å². The molecular weight excluding hydrogens is 245 g/mol. The molecule has 1 aromatic carbocycles. The molecule has 0 fully saturated rings. The lowest BCUT2D eigenvalue weighted by molar-refractivity contribution is 0.0549. The predicted octanol–water partition coefficient (Wildman–Crippen LogP) is 3.22.